The van der Waals surface area contributed by atoms with Gasteiger partial charge in [0, 0.05) is 0 Å². The predicted octanol–water partition coefficient (Wildman–Crippen LogP) is 11.5. The van der Waals surface area contributed by atoms with Gasteiger partial charge in [-0.25, -0.2) is 0 Å². The van der Waals surface area contributed by atoms with Gasteiger partial charge >= 0.3 is 0 Å². The van der Waals surface area contributed by atoms with Crippen LogP contribution in [0.2, 0.25) is 0 Å². The summed E-state index contributed by atoms with van der Waals surface area (Å²) in [5, 5.41) is 76.0. The number of allylic oxidation sites excluding steroid dienone is 10. The third-order valence-corrected chi connectivity index (χ3v) is 13.2. The minimum atomic E-state index is -1.68. The van der Waals surface area contributed by atoms with Gasteiger partial charge in [-0.05, 0) is 96.3 Å². The summed E-state index contributed by atoms with van der Waals surface area (Å²) >= 11 is 0. The summed E-state index contributed by atoms with van der Waals surface area (Å²) in [7, 11) is 0. The van der Waals surface area contributed by atoms with Crippen LogP contribution in [0.3, 0.4) is 0 Å². The summed E-state index contributed by atoms with van der Waals surface area (Å²) in [4.78, 5) is 13.2. The topological polar surface area (TPSA) is 189 Å². The van der Waals surface area contributed by atoms with Gasteiger partial charge in [0.25, 0.3) is 0 Å². The fourth-order valence-electron chi connectivity index (χ4n) is 8.62. The monoisotopic (exact) mass is 976 g/mol. The van der Waals surface area contributed by atoms with E-state index in [1.54, 1.807) is 0 Å². The first-order chi connectivity index (χ1) is 33.7. The van der Waals surface area contributed by atoms with Crippen LogP contribution in [0.15, 0.2) is 60.8 Å². The molecule has 9 atom stereocenters. The van der Waals surface area contributed by atoms with E-state index in [4.69, 9.17) is 9.47 Å². The third-order valence-electron chi connectivity index (χ3n) is 13.2. The molecular formula is C58H105NO10. The van der Waals surface area contributed by atoms with Crippen LogP contribution in [0, 0.1) is 0 Å². The van der Waals surface area contributed by atoms with Gasteiger partial charge in [0.2, 0.25) is 5.91 Å². The van der Waals surface area contributed by atoms with Crippen molar-refractivity contribution in [1.82, 2.24) is 5.32 Å². The summed E-state index contributed by atoms with van der Waals surface area (Å²) in [6.45, 7) is 3.43. The summed E-state index contributed by atoms with van der Waals surface area (Å²) in [5.41, 5.74) is 0. The number of hydrogen-bond acceptors (Lipinski definition) is 10. The fraction of sp³-hybridized carbons (Fsp3) is 0.810. The zero-order chi connectivity index (χ0) is 50.4. The lowest BCUT2D eigenvalue weighted by Gasteiger charge is -2.40. The molecule has 1 amide bonds. The Morgan fingerprint density at radius 3 is 1.38 bits per heavy atom. The second-order valence-corrected chi connectivity index (χ2v) is 19.6. The van der Waals surface area contributed by atoms with E-state index in [9.17, 15) is 40.5 Å². The molecule has 11 nitrogen and oxygen atoms in total. The second kappa shape index (κ2) is 46.9. The molecule has 8 N–H and O–H groups in total. The van der Waals surface area contributed by atoms with E-state index >= 15 is 0 Å². The number of unbranched alkanes of at least 4 members (excludes halogenated alkanes) is 25. The normalized spacial score (nSPS) is 20.9. The molecular weight excluding hydrogens is 871 g/mol. The first-order valence-corrected chi connectivity index (χ1v) is 28.2. The average molecular weight is 976 g/mol. The van der Waals surface area contributed by atoms with Gasteiger partial charge in [-0.1, -0.05) is 197 Å². The molecule has 0 aliphatic carbocycles. The Labute approximate surface area is 421 Å². The molecule has 0 aromatic heterocycles. The molecule has 1 heterocycles. The molecule has 1 fully saturated rings. The van der Waals surface area contributed by atoms with Gasteiger partial charge in [-0.15, -0.1) is 0 Å². The molecule has 0 saturated carbocycles. The number of carbonyl (C=O) groups excluding carboxylic acids is 1. The lowest BCUT2D eigenvalue weighted by atomic mass is 9.98. The molecule has 0 aromatic carbocycles. The van der Waals surface area contributed by atoms with Gasteiger partial charge in [0.05, 0.1) is 25.4 Å². The Hall–Kier alpha value is -2.19. The molecule has 1 aliphatic rings. The highest BCUT2D eigenvalue weighted by atomic mass is 16.7. The minimum absolute atomic E-state index is 0.235. The van der Waals surface area contributed by atoms with Crippen LogP contribution < -0.4 is 5.32 Å². The highest BCUT2D eigenvalue weighted by Gasteiger charge is 2.44. The van der Waals surface area contributed by atoms with Crippen LogP contribution in [0.25, 0.3) is 0 Å². The van der Waals surface area contributed by atoms with Gasteiger partial charge in [-0.3, -0.25) is 4.79 Å². The van der Waals surface area contributed by atoms with E-state index < -0.39 is 74.2 Å². The standard InChI is InChI=1S/C58H105NO10/c1-3-5-7-9-11-13-15-17-19-21-23-25-26-28-30-32-34-36-38-40-42-44-46-51(62)57(67)59-49(48-68-58-56(66)55(65)54(64)52(47-60)69-58)53(63)50(61)45-43-41-39-37-35-33-31-29-27-24-22-20-18-16-14-12-10-8-6-4-2/h20,22-23,25,28-31,37,39,49-56,58,60-66H,3-19,21,24,26-27,32-36,38,40-48H2,1-2H3,(H,59,67)/b22-20+,25-23-,30-28-,31-29+,39-37+. The molecule has 0 spiro atoms. The molecule has 69 heavy (non-hydrogen) atoms. The highest BCUT2D eigenvalue weighted by molar-refractivity contribution is 5.80. The smallest absolute Gasteiger partial charge is 0.249 e. The highest BCUT2D eigenvalue weighted by Crippen LogP contribution is 2.23. The van der Waals surface area contributed by atoms with Crippen LogP contribution in [-0.2, 0) is 14.3 Å². The fourth-order valence-corrected chi connectivity index (χ4v) is 8.62. The molecule has 1 saturated heterocycles. The van der Waals surface area contributed by atoms with Crippen molar-refractivity contribution in [3.63, 3.8) is 0 Å². The van der Waals surface area contributed by atoms with E-state index in [2.05, 4.69) is 79.9 Å². The van der Waals surface area contributed by atoms with E-state index in [-0.39, 0.29) is 12.8 Å². The Kier molecular flexibility index (Phi) is 44.0. The SMILES string of the molecule is CCCCCCCCC/C=C/CC/C=C/CC/C=C/CCCC(O)C(O)C(COC1OC(CO)C(O)C(O)C1O)NC(=O)C(O)CCCCCCCC/C=C\C/C=C\CCCCCCCCCCC. The Morgan fingerprint density at radius 1 is 0.507 bits per heavy atom. The lowest BCUT2D eigenvalue weighted by Crippen LogP contribution is -2.60. The van der Waals surface area contributed by atoms with E-state index in [1.165, 1.54) is 116 Å². The zero-order valence-electron chi connectivity index (χ0n) is 43.8. The van der Waals surface area contributed by atoms with Crippen LogP contribution >= 0.6 is 0 Å². The van der Waals surface area contributed by atoms with Crippen molar-refractivity contribution < 1.29 is 50.0 Å². The number of carbonyl (C=O) groups is 1. The molecule has 0 aromatic rings. The van der Waals surface area contributed by atoms with Gasteiger partial charge in [-0.2, -0.15) is 0 Å². The molecule has 9 unspecified atom stereocenters. The van der Waals surface area contributed by atoms with Crippen molar-refractivity contribution in [3.05, 3.63) is 60.8 Å². The molecule has 0 radical (unpaired) electrons. The minimum Gasteiger partial charge on any atom is -0.394 e. The van der Waals surface area contributed by atoms with E-state index in [0.29, 0.717) is 19.3 Å². The van der Waals surface area contributed by atoms with Crippen molar-refractivity contribution in [2.24, 2.45) is 0 Å². The summed E-state index contributed by atoms with van der Waals surface area (Å²) in [5.74, 6) is -0.721. The van der Waals surface area contributed by atoms with Gasteiger partial charge in [0.1, 0.15) is 36.6 Å². The van der Waals surface area contributed by atoms with E-state index in [0.717, 1.165) is 70.6 Å². The second-order valence-electron chi connectivity index (χ2n) is 19.6. The molecule has 402 valence electrons. The van der Waals surface area contributed by atoms with Crippen LogP contribution in [0.4, 0.5) is 0 Å². The van der Waals surface area contributed by atoms with Crippen molar-refractivity contribution in [1.29, 1.82) is 0 Å². The summed E-state index contributed by atoms with van der Waals surface area (Å²) in [6, 6.07) is -1.20. The maximum atomic E-state index is 13.2. The molecule has 0 bridgehead atoms. The number of amides is 1. The van der Waals surface area contributed by atoms with Crippen molar-refractivity contribution in [2.75, 3.05) is 13.2 Å². The number of aliphatic hydroxyl groups is 7. The number of aliphatic hydroxyl groups excluding tert-OH is 7. The third kappa shape index (κ3) is 35.6. The van der Waals surface area contributed by atoms with Crippen LogP contribution in [0.5, 0.6) is 0 Å². The van der Waals surface area contributed by atoms with Crippen LogP contribution in [-0.4, -0.2) is 110 Å². The Bertz CT molecular complexity index is 1300. The number of rotatable bonds is 47. The molecule has 1 rings (SSSR count). The zero-order valence-corrected chi connectivity index (χ0v) is 43.8. The molecule has 11 heteroatoms. The Morgan fingerprint density at radius 2 is 0.913 bits per heavy atom. The number of nitrogens with one attached hydrogen (secondary N) is 1. The van der Waals surface area contributed by atoms with Gasteiger partial charge < -0.3 is 50.5 Å². The van der Waals surface area contributed by atoms with Crippen molar-refractivity contribution in [3.8, 4) is 0 Å². The molecule has 1 aliphatic heterocycles. The predicted molar refractivity (Wildman–Crippen MR) is 284 cm³/mol. The first-order valence-electron chi connectivity index (χ1n) is 28.2. The number of hydrogen-bond donors (Lipinski definition) is 8. The summed E-state index contributed by atoms with van der Waals surface area (Å²) in [6.07, 6.45) is 48.4. The van der Waals surface area contributed by atoms with Gasteiger partial charge in [0.15, 0.2) is 6.29 Å². The summed E-state index contributed by atoms with van der Waals surface area (Å²) < 4.78 is 11.1. The quantitative estimate of drug-likeness (QED) is 0.0215. The van der Waals surface area contributed by atoms with Crippen LogP contribution in [0.1, 0.15) is 232 Å². The maximum absolute atomic E-state index is 13.2. The van der Waals surface area contributed by atoms with Crippen molar-refractivity contribution in [2.45, 2.75) is 287 Å². The Balaban J connectivity index is 2.39. The first kappa shape index (κ1) is 64.8. The van der Waals surface area contributed by atoms with Crippen molar-refractivity contribution >= 4 is 5.91 Å². The largest absolute Gasteiger partial charge is 0.394 e. The number of ether oxygens (including phenoxy) is 2. The lowest BCUT2D eigenvalue weighted by molar-refractivity contribution is -0.303. The maximum Gasteiger partial charge on any atom is 0.249 e. The van der Waals surface area contributed by atoms with E-state index in [1.807, 2.05) is 0 Å². The average Bonchev–Trinajstić information content (AvgIpc) is 3.35.